The molecule has 0 spiro atoms. The molecule has 0 heterocycles. The van der Waals surface area contributed by atoms with Crippen LogP contribution in [0.3, 0.4) is 0 Å². The summed E-state index contributed by atoms with van der Waals surface area (Å²) in [6.45, 7) is 18.7. The maximum Gasteiger partial charge on any atom is 0.306 e. The van der Waals surface area contributed by atoms with Crippen LogP contribution in [-0.2, 0) is 19.1 Å². The highest BCUT2D eigenvalue weighted by Gasteiger charge is 2.26. The molecule has 0 aromatic heterocycles. The number of carbonyl (C=O) groups excluding carboxylic acids is 3. The predicted molar refractivity (Wildman–Crippen MR) is 262 cm³/mol. The number of carbonyl (C=O) groups is 3. The molecular weight excluding hydrogens is 763 g/mol. The van der Waals surface area contributed by atoms with E-state index in [1.54, 1.807) is 0 Å². The van der Waals surface area contributed by atoms with E-state index in [0.717, 1.165) is 82.8 Å². The van der Waals surface area contributed by atoms with Crippen molar-refractivity contribution in [3.8, 4) is 0 Å². The zero-order chi connectivity index (χ0) is 44.5. The van der Waals surface area contributed by atoms with E-state index < -0.39 is 0 Å². The summed E-state index contributed by atoms with van der Waals surface area (Å²) in [7, 11) is 0. The lowest BCUT2D eigenvalue weighted by Crippen LogP contribution is -2.39. The van der Waals surface area contributed by atoms with E-state index >= 15 is 0 Å². The predicted octanol–water partition coefficient (Wildman–Crippen LogP) is 17.4. The fourth-order valence-corrected chi connectivity index (χ4v) is 9.66. The fourth-order valence-electron chi connectivity index (χ4n) is 8.66. The molecule has 1 unspecified atom stereocenters. The normalized spacial score (nSPS) is 12.3. The Bertz CT molecular complexity index is 895. The number of nitrogens with zero attached hydrogens (tertiary/aromatic N) is 1. The van der Waals surface area contributed by atoms with E-state index in [2.05, 4.69) is 60.3 Å². The van der Waals surface area contributed by atoms with Gasteiger partial charge in [0.1, 0.15) is 12.2 Å². The van der Waals surface area contributed by atoms with Gasteiger partial charge < -0.3 is 14.4 Å². The molecule has 0 bridgehead atoms. The Kier molecular flexibility index (Phi) is 42.1. The van der Waals surface area contributed by atoms with Crippen LogP contribution in [0, 0.1) is 11.8 Å². The Balaban J connectivity index is 5.70. The van der Waals surface area contributed by atoms with Crippen LogP contribution in [-0.4, -0.2) is 52.6 Å². The monoisotopic (exact) mass is 866 g/mol. The number of hydrogen-bond donors (Lipinski definition) is 0. The molecular formula is C53H103NO5S. The molecule has 0 saturated heterocycles. The molecule has 0 aliphatic carbocycles. The number of esters is 2. The molecule has 1 atom stereocenters. The lowest BCUT2D eigenvalue weighted by molar-refractivity contribution is -0.150. The smallest absolute Gasteiger partial charge is 0.306 e. The maximum absolute atomic E-state index is 14.0. The van der Waals surface area contributed by atoms with Crippen molar-refractivity contribution in [2.24, 2.45) is 11.8 Å². The van der Waals surface area contributed by atoms with Gasteiger partial charge in [-0.2, -0.15) is 0 Å². The fraction of sp³-hybridized carbons (Fsp3) is 0.943. The van der Waals surface area contributed by atoms with E-state index in [9.17, 15) is 14.4 Å². The Morgan fingerprint density at radius 2 is 0.817 bits per heavy atom. The van der Waals surface area contributed by atoms with Gasteiger partial charge in [-0.15, -0.1) is 0 Å². The van der Waals surface area contributed by atoms with Crippen molar-refractivity contribution >= 4 is 28.9 Å². The van der Waals surface area contributed by atoms with Crippen molar-refractivity contribution < 1.29 is 23.9 Å². The van der Waals surface area contributed by atoms with Crippen LogP contribution >= 0.6 is 11.8 Å². The molecule has 0 N–H and O–H groups in total. The highest BCUT2D eigenvalue weighted by atomic mass is 32.2. The average Bonchev–Trinajstić information content (AvgIpc) is 3.22. The van der Waals surface area contributed by atoms with Gasteiger partial charge in [-0.1, -0.05) is 189 Å². The minimum Gasteiger partial charge on any atom is -0.462 e. The van der Waals surface area contributed by atoms with Gasteiger partial charge in [-0.3, -0.25) is 14.4 Å². The van der Waals surface area contributed by atoms with Crippen molar-refractivity contribution in [2.75, 3.05) is 12.3 Å². The molecule has 0 rings (SSSR count). The summed E-state index contributed by atoms with van der Waals surface area (Å²) >= 11 is 1.48. The van der Waals surface area contributed by atoms with Gasteiger partial charge >= 0.3 is 11.9 Å². The van der Waals surface area contributed by atoms with Gasteiger partial charge in [0.25, 0.3) is 5.24 Å². The number of amides is 1. The number of hydrogen-bond acceptors (Lipinski definition) is 6. The first-order valence-corrected chi connectivity index (χ1v) is 27.5. The third kappa shape index (κ3) is 34.3. The topological polar surface area (TPSA) is 72.9 Å². The first kappa shape index (κ1) is 58.8. The third-order valence-electron chi connectivity index (χ3n) is 12.7. The third-order valence-corrected chi connectivity index (χ3v) is 13.6. The molecule has 7 heteroatoms. The van der Waals surface area contributed by atoms with Gasteiger partial charge in [0.15, 0.2) is 0 Å². The lowest BCUT2D eigenvalue weighted by atomic mass is 9.88. The molecule has 1 amide bonds. The number of ether oxygens (including phenoxy) is 2. The largest absolute Gasteiger partial charge is 0.462 e. The first-order valence-electron chi connectivity index (χ1n) is 26.5. The van der Waals surface area contributed by atoms with E-state index in [1.165, 1.54) is 134 Å². The SMILES string of the molecule is CCCCCCCC(CCCCCCC)OC(=O)CCCC(CCCC(=O)OC(CCCCCCC)CCCCCCC)N(CCC)C(=O)SCCC(CCCC)C(C)C. The van der Waals surface area contributed by atoms with E-state index in [-0.39, 0.29) is 35.4 Å². The molecule has 60 heavy (non-hydrogen) atoms. The standard InChI is InChI=1S/C53H103NO5S/c1-9-15-20-24-28-37-49(38-29-25-21-16-10-2)58-51(55)41-32-35-48(54(44-14-6)53(57)60-45-43-47(46(7)8)34-19-13-5)36-33-42-52(56)59-50(39-30-26-22-17-11-3)40-31-27-23-18-12-4/h46-50H,9-45H2,1-8H3. The van der Waals surface area contributed by atoms with Crippen LogP contribution in [0.2, 0.25) is 0 Å². The van der Waals surface area contributed by atoms with Gasteiger partial charge in [0.2, 0.25) is 0 Å². The molecule has 0 aliphatic rings. The number of rotatable bonds is 44. The van der Waals surface area contributed by atoms with E-state index in [1.807, 2.05) is 0 Å². The Hall–Kier alpha value is -1.24. The summed E-state index contributed by atoms with van der Waals surface area (Å²) in [4.78, 5) is 42.8. The highest BCUT2D eigenvalue weighted by Crippen LogP contribution is 2.27. The number of unbranched alkanes of at least 4 members (excludes halogenated alkanes) is 17. The van der Waals surface area contributed by atoms with Crippen LogP contribution in [0.1, 0.15) is 280 Å². The first-order chi connectivity index (χ1) is 29.2. The Morgan fingerprint density at radius 1 is 0.433 bits per heavy atom. The minimum atomic E-state index is -0.0885. The van der Waals surface area contributed by atoms with Gasteiger partial charge in [-0.05, 0) is 102 Å². The van der Waals surface area contributed by atoms with Crippen LogP contribution in [0.15, 0.2) is 0 Å². The highest BCUT2D eigenvalue weighted by molar-refractivity contribution is 8.13. The van der Waals surface area contributed by atoms with E-state index in [0.29, 0.717) is 44.1 Å². The molecule has 0 aliphatic heterocycles. The van der Waals surface area contributed by atoms with Gasteiger partial charge in [0.05, 0.1) is 0 Å². The molecule has 356 valence electrons. The van der Waals surface area contributed by atoms with E-state index in [4.69, 9.17) is 9.47 Å². The summed E-state index contributed by atoms with van der Waals surface area (Å²) in [5.74, 6) is 1.93. The van der Waals surface area contributed by atoms with Crippen molar-refractivity contribution in [1.82, 2.24) is 4.90 Å². The van der Waals surface area contributed by atoms with Crippen LogP contribution < -0.4 is 0 Å². The second-order valence-electron chi connectivity index (χ2n) is 18.7. The summed E-state index contributed by atoms with van der Waals surface area (Å²) in [5, 5.41) is 0.155. The lowest BCUT2D eigenvalue weighted by Gasteiger charge is -2.32. The van der Waals surface area contributed by atoms with Crippen molar-refractivity contribution in [2.45, 2.75) is 298 Å². The van der Waals surface area contributed by atoms with Crippen molar-refractivity contribution in [3.05, 3.63) is 0 Å². The molecule has 0 aromatic rings. The average molecular weight is 866 g/mol. The zero-order valence-corrected chi connectivity index (χ0v) is 42.3. The molecule has 0 fully saturated rings. The summed E-state index contributed by atoms with van der Waals surface area (Å²) < 4.78 is 12.4. The Morgan fingerprint density at radius 3 is 1.17 bits per heavy atom. The molecule has 0 radical (unpaired) electrons. The summed E-state index contributed by atoms with van der Waals surface area (Å²) in [6, 6.07) is -0.00704. The molecule has 6 nitrogen and oxygen atoms in total. The number of thioether (sulfide) groups is 1. The van der Waals surface area contributed by atoms with Crippen LogP contribution in [0.25, 0.3) is 0 Å². The van der Waals surface area contributed by atoms with Crippen molar-refractivity contribution in [1.29, 1.82) is 0 Å². The maximum atomic E-state index is 14.0. The molecule has 0 saturated carbocycles. The second kappa shape index (κ2) is 43.0. The van der Waals surface area contributed by atoms with Crippen molar-refractivity contribution in [3.63, 3.8) is 0 Å². The summed E-state index contributed by atoms with van der Waals surface area (Å²) in [5.41, 5.74) is 0. The second-order valence-corrected chi connectivity index (χ2v) is 19.8. The summed E-state index contributed by atoms with van der Waals surface area (Å²) in [6.07, 6.45) is 37.6. The van der Waals surface area contributed by atoms with Gasteiger partial charge in [-0.25, -0.2) is 0 Å². The van der Waals surface area contributed by atoms with Crippen LogP contribution in [0.4, 0.5) is 4.79 Å². The quantitative estimate of drug-likeness (QED) is 0.0449. The van der Waals surface area contributed by atoms with Gasteiger partial charge in [0, 0.05) is 31.2 Å². The van der Waals surface area contributed by atoms with Crippen LogP contribution in [0.5, 0.6) is 0 Å². The zero-order valence-electron chi connectivity index (χ0n) is 41.4. The Labute approximate surface area is 378 Å². The molecule has 0 aromatic carbocycles. The minimum absolute atomic E-state index is 0.00704.